The minimum atomic E-state index is 0.298. The highest BCUT2D eigenvalue weighted by molar-refractivity contribution is 5.33. The molecule has 0 N–H and O–H groups in total. The standard InChI is InChI=1S/C20H28N4O2/c1-23(2)20-21-11-16(12-22-20)13-24(15-18-8-6-10-26-18)14-17-7-4-5-9-19(17)25-3/h4-5,7,9,11-12,18H,6,8,10,13-15H2,1-3H3/t18-/m1/s1. The second kappa shape index (κ2) is 8.96. The quantitative estimate of drug-likeness (QED) is 0.725. The van der Waals surface area contributed by atoms with E-state index in [0.717, 1.165) is 56.3 Å². The summed E-state index contributed by atoms with van der Waals surface area (Å²) in [7, 11) is 5.61. The number of para-hydroxylation sites is 1. The molecule has 0 unspecified atom stereocenters. The fourth-order valence-electron chi connectivity index (χ4n) is 3.25. The molecule has 1 aromatic carbocycles. The number of methoxy groups -OCH3 is 1. The van der Waals surface area contributed by atoms with Crippen LogP contribution < -0.4 is 9.64 Å². The molecule has 0 aliphatic carbocycles. The molecule has 0 radical (unpaired) electrons. The van der Waals surface area contributed by atoms with Crippen molar-refractivity contribution < 1.29 is 9.47 Å². The molecule has 2 aromatic rings. The number of rotatable bonds is 8. The Morgan fingerprint density at radius 3 is 2.58 bits per heavy atom. The van der Waals surface area contributed by atoms with Crippen LogP contribution in [0.25, 0.3) is 0 Å². The van der Waals surface area contributed by atoms with E-state index in [2.05, 4.69) is 27.0 Å². The van der Waals surface area contributed by atoms with Crippen molar-refractivity contribution in [3.8, 4) is 5.75 Å². The second-order valence-electron chi connectivity index (χ2n) is 6.90. The number of hydrogen-bond donors (Lipinski definition) is 0. The Balaban J connectivity index is 1.73. The number of benzene rings is 1. The number of nitrogens with zero attached hydrogens (tertiary/aromatic N) is 4. The zero-order chi connectivity index (χ0) is 18.4. The van der Waals surface area contributed by atoms with Gasteiger partial charge in [0.25, 0.3) is 0 Å². The first-order valence-electron chi connectivity index (χ1n) is 9.10. The third kappa shape index (κ3) is 4.93. The second-order valence-corrected chi connectivity index (χ2v) is 6.90. The summed E-state index contributed by atoms with van der Waals surface area (Å²) < 4.78 is 11.4. The number of ether oxygens (including phenoxy) is 2. The topological polar surface area (TPSA) is 50.7 Å². The normalized spacial score (nSPS) is 16.8. The number of hydrogen-bond acceptors (Lipinski definition) is 6. The molecule has 1 saturated heterocycles. The third-order valence-electron chi connectivity index (χ3n) is 4.57. The zero-order valence-corrected chi connectivity index (χ0v) is 15.9. The van der Waals surface area contributed by atoms with Gasteiger partial charge in [0, 0.05) is 63.9 Å². The Kier molecular flexibility index (Phi) is 6.41. The van der Waals surface area contributed by atoms with E-state index in [1.54, 1.807) is 7.11 Å². The van der Waals surface area contributed by atoms with Crippen LogP contribution in [0.3, 0.4) is 0 Å². The summed E-state index contributed by atoms with van der Waals surface area (Å²) in [6.07, 6.45) is 6.39. The minimum Gasteiger partial charge on any atom is -0.496 e. The number of aromatic nitrogens is 2. The fourth-order valence-corrected chi connectivity index (χ4v) is 3.25. The van der Waals surface area contributed by atoms with Gasteiger partial charge in [0.2, 0.25) is 5.95 Å². The lowest BCUT2D eigenvalue weighted by molar-refractivity contribution is 0.0675. The van der Waals surface area contributed by atoms with Crippen molar-refractivity contribution in [2.24, 2.45) is 0 Å². The molecule has 6 heteroatoms. The molecule has 140 valence electrons. The van der Waals surface area contributed by atoms with Crippen molar-refractivity contribution in [3.63, 3.8) is 0 Å². The molecular weight excluding hydrogens is 328 g/mol. The van der Waals surface area contributed by atoms with E-state index in [1.807, 2.05) is 43.5 Å². The fraction of sp³-hybridized carbons (Fsp3) is 0.500. The lowest BCUT2D eigenvalue weighted by atomic mass is 10.1. The monoisotopic (exact) mass is 356 g/mol. The zero-order valence-electron chi connectivity index (χ0n) is 15.9. The van der Waals surface area contributed by atoms with Crippen molar-refractivity contribution in [1.82, 2.24) is 14.9 Å². The molecule has 0 amide bonds. The van der Waals surface area contributed by atoms with Gasteiger partial charge in [-0.25, -0.2) is 9.97 Å². The maximum Gasteiger partial charge on any atom is 0.224 e. The van der Waals surface area contributed by atoms with E-state index < -0.39 is 0 Å². The molecule has 0 saturated carbocycles. The molecule has 26 heavy (non-hydrogen) atoms. The van der Waals surface area contributed by atoms with E-state index in [1.165, 1.54) is 5.56 Å². The maximum atomic E-state index is 5.86. The predicted molar refractivity (Wildman–Crippen MR) is 102 cm³/mol. The van der Waals surface area contributed by atoms with Gasteiger partial charge in [0.05, 0.1) is 13.2 Å². The molecule has 1 aliphatic rings. The summed E-state index contributed by atoms with van der Waals surface area (Å²) >= 11 is 0. The van der Waals surface area contributed by atoms with Gasteiger partial charge in [-0.2, -0.15) is 0 Å². The Morgan fingerprint density at radius 1 is 1.15 bits per heavy atom. The minimum absolute atomic E-state index is 0.298. The van der Waals surface area contributed by atoms with Crippen LogP contribution in [0.4, 0.5) is 5.95 Å². The molecule has 6 nitrogen and oxygen atoms in total. The van der Waals surface area contributed by atoms with E-state index in [9.17, 15) is 0 Å². The van der Waals surface area contributed by atoms with Gasteiger partial charge >= 0.3 is 0 Å². The van der Waals surface area contributed by atoms with Crippen LogP contribution in [0.2, 0.25) is 0 Å². The lowest BCUT2D eigenvalue weighted by Gasteiger charge is -2.26. The molecule has 1 aromatic heterocycles. The van der Waals surface area contributed by atoms with Gasteiger partial charge in [-0.05, 0) is 18.9 Å². The van der Waals surface area contributed by atoms with Crippen LogP contribution in [0, 0.1) is 0 Å². The summed E-state index contributed by atoms with van der Waals surface area (Å²) in [5.41, 5.74) is 2.28. The Hall–Kier alpha value is -2.18. The van der Waals surface area contributed by atoms with Gasteiger partial charge < -0.3 is 14.4 Å². The first kappa shape index (κ1) is 18.6. The molecule has 1 atom stereocenters. The highest BCUT2D eigenvalue weighted by Gasteiger charge is 2.20. The molecule has 1 aliphatic heterocycles. The highest BCUT2D eigenvalue weighted by atomic mass is 16.5. The molecule has 3 rings (SSSR count). The molecule has 1 fully saturated rings. The Bertz CT molecular complexity index is 684. The Morgan fingerprint density at radius 2 is 1.92 bits per heavy atom. The van der Waals surface area contributed by atoms with Crippen LogP contribution in [-0.4, -0.2) is 55.3 Å². The average Bonchev–Trinajstić information content (AvgIpc) is 3.15. The van der Waals surface area contributed by atoms with Crippen molar-refractivity contribution in [1.29, 1.82) is 0 Å². The largest absolute Gasteiger partial charge is 0.496 e. The van der Waals surface area contributed by atoms with E-state index in [-0.39, 0.29) is 0 Å². The van der Waals surface area contributed by atoms with Crippen LogP contribution in [0.5, 0.6) is 5.75 Å². The maximum absolute atomic E-state index is 5.86. The first-order chi connectivity index (χ1) is 12.7. The third-order valence-corrected chi connectivity index (χ3v) is 4.57. The van der Waals surface area contributed by atoms with E-state index in [4.69, 9.17) is 9.47 Å². The van der Waals surface area contributed by atoms with Crippen molar-refractivity contribution >= 4 is 5.95 Å². The van der Waals surface area contributed by atoms with E-state index in [0.29, 0.717) is 6.10 Å². The summed E-state index contributed by atoms with van der Waals surface area (Å²) in [6, 6.07) is 8.18. The van der Waals surface area contributed by atoms with Crippen molar-refractivity contribution in [2.45, 2.75) is 32.0 Å². The number of anilines is 1. The average molecular weight is 356 g/mol. The lowest BCUT2D eigenvalue weighted by Crippen LogP contribution is -2.31. The van der Waals surface area contributed by atoms with Gasteiger partial charge in [0.15, 0.2) is 0 Å². The molecule has 0 bridgehead atoms. The predicted octanol–water partition coefficient (Wildman–Crippen LogP) is 2.73. The van der Waals surface area contributed by atoms with Crippen molar-refractivity contribution in [3.05, 3.63) is 47.8 Å². The summed E-state index contributed by atoms with van der Waals surface area (Å²) in [5, 5.41) is 0. The van der Waals surface area contributed by atoms with Crippen LogP contribution >= 0.6 is 0 Å². The van der Waals surface area contributed by atoms with Gasteiger partial charge in [-0.3, -0.25) is 4.90 Å². The van der Waals surface area contributed by atoms with Gasteiger partial charge in [-0.1, -0.05) is 18.2 Å². The first-order valence-corrected chi connectivity index (χ1v) is 9.10. The SMILES string of the molecule is COc1ccccc1CN(Cc1cnc(N(C)C)nc1)C[C@H]1CCCO1. The molecular formula is C20H28N4O2. The van der Waals surface area contributed by atoms with E-state index >= 15 is 0 Å². The van der Waals surface area contributed by atoms with Crippen LogP contribution in [0.1, 0.15) is 24.0 Å². The van der Waals surface area contributed by atoms with Crippen LogP contribution in [0.15, 0.2) is 36.7 Å². The molecule has 0 spiro atoms. The van der Waals surface area contributed by atoms with Gasteiger partial charge in [0.1, 0.15) is 5.75 Å². The highest BCUT2D eigenvalue weighted by Crippen LogP contribution is 2.22. The van der Waals surface area contributed by atoms with Crippen LogP contribution in [-0.2, 0) is 17.8 Å². The summed E-state index contributed by atoms with van der Waals surface area (Å²) in [5.74, 6) is 1.65. The summed E-state index contributed by atoms with van der Waals surface area (Å²) in [6.45, 7) is 3.35. The van der Waals surface area contributed by atoms with Gasteiger partial charge in [-0.15, -0.1) is 0 Å². The summed E-state index contributed by atoms with van der Waals surface area (Å²) in [4.78, 5) is 13.2. The smallest absolute Gasteiger partial charge is 0.224 e. The van der Waals surface area contributed by atoms with Crippen molar-refractivity contribution in [2.75, 3.05) is 39.3 Å². The Labute approximate surface area is 155 Å². The molecule has 2 heterocycles.